The summed E-state index contributed by atoms with van der Waals surface area (Å²) in [4.78, 5) is 51.9. The van der Waals surface area contributed by atoms with Crippen LogP contribution in [0.3, 0.4) is 0 Å². The third-order valence-electron chi connectivity index (χ3n) is 5.56. The molecule has 0 fully saturated rings. The molecule has 33 heavy (non-hydrogen) atoms. The van der Waals surface area contributed by atoms with Gasteiger partial charge in [-0.3, -0.25) is 9.36 Å². The van der Waals surface area contributed by atoms with Crippen molar-refractivity contribution in [2.75, 3.05) is 13.7 Å². The number of fused-ring (bicyclic) bond motifs is 1. The number of carboxylic acid groups (broad SMARTS) is 1. The minimum atomic E-state index is -1.82. The van der Waals surface area contributed by atoms with Crippen LogP contribution in [0.1, 0.15) is 47.7 Å². The molecule has 176 valence electrons. The van der Waals surface area contributed by atoms with Crippen LogP contribution in [0, 0.1) is 6.92 Å². The maximum atomic E-state index is 13.6. The summed E-state index contributed by atoms with van der Waals surface area (Å²) in [6.45, 7) is 5.98. The fraction of sp³-hybridized carbons (Fsp3) is 0.391. The highest BCUT2D eigenvalue weighted by molar-refractivity contribution is 7.20. The molecule has 0 saturated carbocycles. The molecule has 3 aromatic rings. The number of methoxy groups -OCH3 is 1. The van der Waals surface area contributed by atoms with Crippen molar-refractivity contribution in [3.05, 3.63) is 67.2 Å². The van der Waals surface area contributed by atoms with Crippen molar-refractivity contribution in [2.45, 2.75) is 45.9 Å². The number of thiophene rings is 1. The second-order valence-electron chi connectivity index (χ2n) is 7.99. The smallest absolute Gasteiger partial charge is 0.348 e. The van der Waals surface area contributed by atoms with Crippen LogP contribution in [0.2, 0.25) is 0 Å². The molecule has 1 aromatic carbocycles. The third-order valence-corrected chi connectivity index (χ3v) is 6.85. The first-order valence-corrected chi connectivity index (χ1v) is 11.2. The third kappa shape index (κ3) is 4.23. The fourth-order valence-electron chi connectivity index (χ4n) is 3.64. The van der Waals surface area contributed by atoms with Gasteiger partial charge in [0.25, 0.3) is 5.56 Å². The minimum Gasteiger partial charge on any atom is -0.480 e. The lowest BCUT2D eigenvalue weighted by Gasteiger charge is -2.24. The van der Waals surface area contributed by atoms with E-state index in [-0.39, 0.29) is 28.2 Å². The molecule has 0 aliphatic heterocycles. The number of hydrogen-bond acceptors (Lipinski definition) is 7. The van der Waals surface area contributed by atoms with Crippen molar-refractivity contribution in [2.24, 2.45) is 0 Å². The lowest BCUT2D eigenvalue weighted by atomic mass is 10.1. The first-order chi connectivity index (χ1) is 15.6. The average molecular weight is 475 g/mol. The number of aromatic nitrogens is 2. The zero-order chi connectivity index (χ0) is 24.5. The predicted octanol–water partition coefficient (Wildman–Crippen LogP) is 2.92. The van der Waals surface area contributed by atoms with E-state index in [9.17, 15) is 24.3 Å². The lowest BCUT2D eigenvalue weighted by Crippen LogP contribution is -2.52. The zero-order valence-corrected chi connectivity index (χ0v) is 19.9. The maximum absolute atomic E-state index is 13.6. The van der Waals surface area contributed by atoms with Gasteiger partial charge < -0.3 is 14.6 Å². The van der Waals surface area contributed by atoms with Gasteiger partial charge in [-0.05, 0) is 38.8 Å². The molecular weight excluding hydrogens is 448 g/mol. The van der Waals surface area contributed by atoms with Crippen LogP contribution in [0.5, 0.6) is 0 Å². The Labute approximate surface area is 193 Å². The number of carbonyl (C=O) groups is 2. The van der Waals surface area contributed by atoms with Crippen molar-refractivity contribution in [3.63, 3.8) is 0 Å². The van der Waals surface area contributed by atoms with E-state index >= 15 is 0 Å². The van der Waals surface area contributed by atoms with Crippen LogP contribution < -0.4 is 11.2 Å². The molecular formula is C23H26N2O7S. The summed E-state index contributed by atoms with van der Waals surface area (Å²) < 4.78 is 12.8. The quantitative estimate of drug-likeness (QED) is 0.499. The maximum Gasteiger partial charge on any atom is 0.348 e. The van der Waals surface area contributed by atoms with Gasteiger partial charge in [-0.2, -0.15) is 0 Å². The van der Waals surface area contributed by atoms with Crippen molar-refractivity contribution in [1.82, 2.24) is 9.13 Å². The molecule has 0 amide bonds. The average Bonchev–Trinajstić information content (AvgIpc) is 3.12. The summed E-state index contributed by atoms with van der Waals surface area (Å²) in [6, 6.07) is 9.21. The molecule has 0 bridgehead atoms. The largest absolute Gasteiger partial charge is 0.480 e. The number of hydrogen-bond donors (Lipinski definition) is 1. The van der Waals surface area contributed by atoms with E-state index in [0.29, 0.717) is 5.56 Å². The first-order valence-electron chi connectivity index (χ1n) is 10.3. The molecule has 2 heterocycles. The Bertz CT molecular complexity index is 1320. The number of carboxylic acids is 1. The summed E-state index contributed by atoms with van der Waals surface area (Å²) >= 11 is 0.974. The Morgan fingerprint density at radius 1 is 1.18 bits per heavy atom. The molecule has 10 heteroatoms. The Hall–Kier alpha value is -3.24. The SMILES string of the molecule is CCOC(=O)c1sc2c(c1C)c(=O)n(C(C)(C)C(=O)O)c(=O)n2CC(OC)c1ccccc1. The highest BCUT2D eigenvalue weighted by Gasteiger charge is 2.36. The van der Waals surface area contributed by atoms with Crippen molar-refractivity contribution in [1.29, 1.82) is 0 Å². The van der Waals surface area contributed by atoms with Crippen LogP contribution in [0.4, 0.5) is 0 Å². The summed E-state index contributed by atoms with van der Waals surface area (Å²) in [5, 5.41) is 9.85. The molecule has 0 aliphatic carbocycles. The van der Waals surface area contributed by atoms with E-state index < -0.39 is 34.8 Å². The summed E-state index contributed by atoms with van der Waals surface area (Å²) in [5.74, 6) is -1.94. The molecule has 0 aliphatic rings. The van der Waals surface area contributed by atoms with Gasteiger partial charge in [-0.25, -0.2) is 19.0 Å². The molecule has 1 N–H and O–H groups in total. The van der Waals surface area contributed by atoms with Crippen LogP contribution in [-0.2, 0) is 26.4 Å². The van der Waals surface area contributed by atoms with Gasteiger partial charge in [0.15, 0.2) is 0 Å². The number of nitrogens with zero attached hydrogens (tertiary/aromatic N) is 2. The molecule has 0 radical (unpaired) electrons. The van der Waals surface area contributed by atoms with E-state index in [1.165, 1.54) is 25.5 Å². The highest BCUT2D eigenvalue weighted by Crippen LogP contribution is 2.30. The van der Waals surface area contributed by atoms with Crippen LogP contribution in [-0.4, -0.2) is 39.9 Å². The standard InChI is InChI=1S/C23H26N2O7S/c1-6-32-20(27)17-13(2)16-18(26)25(23(3,4)21(28)29)22(30)24(19(16)33-17)12-15(31-5)14-10-8-7-9-11-14/h7-11,15H,6,12H2,1-5H3,(H,28,29). The lowest BCUT2D eigenvalue weighted by molar-refractivity contribution is -0.146. The summed E-state index contributed by atoms with van der Waals surface area (Å²) in [6.07, 6.45) is -0.556. The molecule has 0 saturated heterocycles. The molecule has 1 atom stereocenters. The van der Waals surface area contributed by atoms with Gasteiger partial charge >= 0.3 is 17.6 Å². The van der Waals surface area contributed by atoms with E-state index in [1.54, 1.807) is 13.8 Å². The Kier molecular flexibility index (Phi) is 6.89. The van der Waals surface area contributed by atoms with E-state index in [4.69, 9.17) is 9.47 Å². The Balaban J connectivity index is 2.38. The minimum absolute atomic E-state index is 0.00798. The number of carbonyl (C=O) groups excluding carboxylic acids is 1. The number of ether oxygens (including phenoxy) is 2. The summed E-state index contributed by atoms with van der Waals surface area (Å²) in [5.41, 5.74) is -2.24. The summed E-state index contributed by atoms with van der Waals surface area (Å²) in [7, 11) is 1.50. The second-order valence-corrected chi connectivity index (χ2v) is 8.99. The van der Waals surface area contributed by atoms with Crippen LogP contribution in [0.25, 0.3) is 10.2 Å². The zero-order valence-electron chi connectivity index (χ0n) is 19.1. The van der Waals surface area contributed by atoms with E-state index in [1.807, 2.05) is 30.3 Å². The molecule has 9 nitrogen and oxygen atoms in total. The molecule has 1 unspecified atom stereocenters. The Morgan fingerprint density at radius 2 is 1.82 bits per heavy atom. The fourth-order valence-corrected chi connectivity index (χ4v) is 4.83. The first kappa shape index (κ1) is 24.4. The van der Waals surface area contributed by atoms with Crippen LogP contribution in [0.15, 0.2) is 39.9 Å². The Morgan fingerprint density at radius 3 is 2.36 bits per heavy atom. The monoisotopic (exact) mass is 474 g/mol. The van der Waals surface area contributed by atoms with E-state index in [2.05, 4.69) is 0 Å². The van der Waals surface area contributed by atoms with Gasteiger partial charge in [0.05, 0.1) is 18.5 Å². The van der Waals surface area contributed by atoms with Gasteiger partial charge in [0, 0.05) is 7.11 Å². The van der Waals surface area contributed by atoms with Gasteiger partial charge in [0.2, 0.25) is 0 Å². The number of esters is 1. The normalized spacial score (nSPS) is 12.6. The number of benzene rings is 1. The van der Waals surface area contributed by atoms with Crippen molar-refractivity contribution in [3.8, 4) is 0 Å². The molecule has 0 spiro atoms. The van der Waals surface area contributed by atoms with Gasteiger partial charge in [0.1, 0.15) is 21.4 Å². The predicted molar refractivity (Wildman–Crippen MR) is 124 cm³/mol. The topological polar surface area (TPSA) is 117 Å². The number of aryl methyl sites for hydroxylation is 1. The molecule has 3 rings (SSSR count). The van der Waals surface area contributed by atoms with Gasteiger partial charge in [-0.15, -0.1) is 11.3 Å². The second kappa shape index (κ2) is 9.32. The van der Waals surface area contributed by atoms with Crippen molar-refractivity contribution < 1.29 is 24.2 Å². The molecule has 2 aromatic heterocycles. The number of aliphatic carboxylic acids is 1. The van der Waals surface area contributed by atoms with Crippen molar-refractivity contribution >= 4 is 33.5 Å². The van der Waals surface area contributed by atoms with Crippen LogP contribution >= 0.6 is 11.3 Å². The van der Waals surface area contributed by atoms with E-state index in [0.717, 1.165) is 21.5 Å². The van der Waals surface area contributed by atoms with Gasteiger partial charge in [-0.1, -0.05) is 30.3 Å². The number of rotatable bonds is 8. The highest BCUT2D eigenvalue weighted by atomic mass is 32.1.